The lowest BCUT2D eigenvalue weighted by molar-refractivity contribution is -0.137. The van der Waals surface area contributed by atoms with Crippen LogP contribution in [0.15, 0.2) is 23.1 Å². The molecule has 0 spiro atoms. The summed E-state index contributed by atoms with van der Waals surface area (Å²) in [4.78, 5) is 22.1. The summed E-state index contributed by atoms with van der Waals surface area (Å²) in [6.07, 6.45) is -1.18. The van der Waals surface area contributed by atoms with Gasteiger partial charge in [-0.3, -0.25) is 10.1 Å². The molecule has 128 valence electrons. The van der Waals surface area contributed by atoms with Crippen molar-refractivity contribution in [1.29, 1.82) is 0 Å². The van der Waals surface area contributed by atoms with Crippen molar-refractivity contribution in [3.63, 3.8) is 0 Å². The summed E-state index contributed by atoms with van der Waals surface area (Å²) < 4.78 is 29.3. The van der Waals surface area contributed by atoms with Crippen molar-refractivity contribution in [3.05, 3.63) is 23.8 Å². The van der Waals surface area contributed by atoms with Gasteiger partial charge in [-0.05, 0) is 37.6 Å². The highest BCUT2D eigenvalue weighted by Crippen LogP contribution is 2.29. The Kier molecular flexibility index (Phi) is 6.11. The Morgan fingerprint density at radius 1 is 1.35 bits per heavy atom. The fraction of sp³-hybridized carbons (Fsp3) is 0.429. The third-order valence-corrected chi connectivity index (χ3v) is 5.39. The van der Waals surface area contributed by atoms with E-state index in [-0.39, 0.29) is 16.1 Å². The number of carbonyl (C=O) groups excluding carboxylic acids is 1. The number of hydrogen-bond acceptors (Lipinski definition) is 6. The average molecular weight is 344 g/mol. The molecule has 0 radical (unpaired) electrons. The Hall–Kier alpha value is -2.13. The molecule has 0 aliphatic heterocycles. The van der Waals surface area contributed by atoms with Crippen LogP contribution in [-0.4, -0.2) is 37.9 Å². The number of anilines is 1. The average Bonchev–Trinajstić information content (AvgIpc) is 2.45. The summed E-state index contributed by atoms with van der Waals surface area (Å²) in [6.45, 7) is 3.03. The first-order chi connectivity index (χ1) is 10.6. The van der Waals surface area contributed by atoms with Gasteiger partial charge in [-0.25, -0.2) is 13.2 Å². The quantitative estimate of drug-likeness (QED) is 0.711. The van der Waals surface area contributed by atoms with Crippen LogP contribution in [0.2, 0.25) is 0 Å². The molecule has 4 N–H and O–H groups in total. The predicted octanol–water partition coefficient (Wildman–Crippen LogP) is 1.52. The van der Waals surface area contributed by atoms with E-state index in [1.54, 1.807) is 0 Å². The van der Waals surface area contributed by atoms with E-state index in [0.29, 0.717) is 0 Å². The van der Waals surface area contributed by atoms with Crippen LogP contribution < -0.4 is 11.1 Å². The van der Waals surface area contributed by atoms with Gasteiger partial charge < -0.3 is 15.6 Å². The molecule has 0 aromatic heterocycles. The molecule has 0 bridgehead atoms. The van der Waals surface area contributed by atoms with Crippen LogP contribution in [0.5, 0.6) is 0 Å². The molecule has 1 unspecified atom stereocenters. The smallest absolute Gasteiger partial charge is 0.411 e. The number of hydrogen-bond donors (Lipinski definition) is 3. The van der Waals surface area contributed by atoms with Crippen molar-refractivity contribution in [1.82, 2.24) is 0 Å². The maximum atomic E-state index is 12.4. The minimum absolute atomic E-state index is 0.0448. The Morgan fingerprint density at radius 3 is 2.43 bits per heavy atom. The molecule has 0 heterocycles. The highest BCUT2D eigenvalue weighted by atomic mass is 32.2. The Morgan fingerprint density at radius 2 is 1.96 bits per heavy atom. The topological polar surface area (TPSA) is 136 Å². The SMILES string of the molecule is COC(=O)Nc1ccc(S(=O)(=O)C(C)C)c(C(N)CC(=O)O)c1. The van der Waals surface area contributed by atoms with Gasteiger partial charge in [0.15, 0.2) is 9.84 Å². The highest BCUT2D eigenvalue weighted by Gasteiger charge is 2.26. The molecule has 9 heteroatoms. The number of methoxy groups -OCH3 is 1. The largest absolute Gasteiger partial charge is 0.481 e. The van der Waals surface area contributed by atoms with Crippen molar-refractivity contribution in [2.45, 2.75) is 36.5 Å². The lowest BCUT2D eigenvalue weighted by atomic mass is 10.0. The second kappa shape index (κ2) is 7.42. The zero-order valence-corrected chi connectivity index (χ0v) is 13.9. The van der Waals surface area contributed by atoms with E-state index in [2.05, 4.69) is 10.1 Å². The summed E-state index contributed by atoms with van der Waals surface area (Å²) in [5, 5.41) is 10.6. The van der Waals surface area contributed by atoms with Crippen LogP contribution in [0, 0.1) is 0 Å². The lowest BCUT2D eigenvalue weighted by Crippen LogP contribution is -2.22. The van der Waals surface area contributed by atoms with Crippen molar-refractivity contribution in [3.8, 4) is 0 Å². The van der Waals surface area contributed by atoms with Crippen LogP contribution in [0.1, 0.15) is 31.9 Å². The number of rotatable bonds is 6. The third kappa shape index (κ3) is 4.67. The van der Waals surface area contributed by atoms with Crippen LogP contribution in [0.3, 0.4) is 0 Å². The lowest BCUT2D eigenvalue weighted by Gasteiger charge is -2.18. The van der Waals surface area contributed by atoms with Gasteiger partial charge in [-0.1, -0.05) is 0 Å². The first-order valence-electron chi connectivity index (χ1n) is 6.79. The van der Waals surface area contributed by atoms with Gasteiger partial charge in [0, 0.05) is 11.7 Å². The van der Waals surface area contributed by atoms with E-state index in [1.807, 2.05) is 0 Å². The summed E-state index contributed by atoms with van der Waals surface area (Å²) in [6, 6.07) is 3.01. The Bertz CT molecular complexity index is 699. The molecule has 1 atom stereocenters. The zero-order chi connectivity index (χ0) is 17.8. The molecule has 1 rings (SSSR count). The van der Waals surface area contributed by atoms with Crippen LogP contribution in [-0.2, 0) is 19.4 Å². The van der Waals surface area contributed by atoms with Crippen LogP contribution in [0.4, 0.5) is 10.5 Å². The van der Waals surface area contributed by atoms with Gasteiger partial charge in [-0.15, -0.1) is 0 Å². The molecular formula is C14H20N2O6S. The summed E-state index contributed by atoms with van der Waals surface area (Å²) in [7, 11) is -2.47. The molecular weight excluding hydrogens is 324 g/mol. The zero-order valence-electron chi connectivity index (χ0n) is 13.1. The predicted molar refractivity (Wildman–Crippen MR) is 84.0 cm³/mol. The number of nitrogens with two attached hydrogens (primary N) is 1. The first-order valence-corrected chi connectivity index (χ1v) is 8.34. The number of carboxylic acids is 1. The molecule has 0 saturated carbocycles. The Labute approximate surface area is 134 Å². The molecule has 1 aromatic rings. The molecule has 23 heavy (non-hydrogen) atoms. The van der Waals surface area contributed by atoms with E-state index in [1.165, 1.54) is 39.2 Å². The number of nitrogens with one attached hydrogen (secondary N) is 1. The summed E-state index contributed by atoms with van der Waals surface area (Å²) in [5.74, 6) is -1.16. The molecule has 0 fully saturated rings. The fourth-order valence-electron chi connectivity index (χ4n) is 1.90. The normalized spacial score (nSPS) is 12.7. The van der Waals surface area contributed by atoms with Gasteiger partial charge >= 0.3 is 12.1 Å². The van der Waals surface area contributed by atoms with Crippen LogP contribution in [0.25, 0.3) is 0 Å². The monoisotopic (exact) mass is 344 g/mol. The van der Waals surface area contributed by atoms with E-state index in [4.69, 9.17) is 10.8 Å². The number of carboxylic acid groups (broad SMARTS) is 1. The number of carbonyl (C=O) groups is 2. The van der Waals surface area contributed by atoms with Gasteiger partial charge in [-0.2, -0.15) is 0 Å². The number of benzene rings is 1. The Balaban J connectivity index is 3.40. The highest BCUT2D eigenvalue weighted by molar-refractivity contribution is 7.92. The van der Waals surface area contributed by atoms with Crippen molar-refractivity contribution >= 4 is 27.6 Å². The van der Waals surface area contributed by atoms with E-state index in [9.17, 15) is 18.0 Å². The summed E-state index contributed by atoms with van der Waals surface area (Å²) >= 11 is 0. The second-order valence-electron chi connectivity index (χ2n) is 5.17. The molecule has 1 amide bonds. The number of amides is 1. The number of sulfone groups is 1. The van der Waals surface area contributed by atoms with E-state index < -0.39 is 39.6 Å². The molecule has 0 aliphatic rings. The number of ether oxygens (including phenoxy) is 1. The molecule has 8 nitrogen and oxygen atoms in total. The molecule has 1 aromatic carbocycles. The minimum atomic E-state index is -3.66. The van der Waals surface area contributed by atoms with Crippen LogP contribution >= 0.6 is 0 Å². The van der Waals surface area contributed by atoms with Gasteiger partial charge in [0.05, 0.1) is 23.7 Å². The molecule has 0 saturated heterocycles. The standard InChI is InChI=1S/C14H20N2O6S/c1-8(2)23(20,21)12-5-4-9(16-14(19)22-3)6-10(12)11(15)7-13(17)18/h4-6,8,11H,7,15H2,1-3H3,(H,16,19)(H,17,18). The third-order valence-electron chi connectivity index (χ3n) is 3.16. The van der Waals surface area contributed by atoms with Gasteiger partial charge in [0.25, 0.3) is 0 Å². The first kappa shape index (κ1) is 18.9. The fourth-order valence-corrected chi connectivity index (χ4v) is 3.20. The van der Waals surface area contributed by atoms with Gasteiger partial charge in [0.2, 0.25) is 0 Å². The van der Waals surface area contributed by atoms with E-state index >= 15 is 0 Å². The minimum Gasteiger partial charge on any atom is -0.481 e. The van der Waals surface area contributed by atoms with Crippen molar-refractivity contribution in [2.24, 2.45) is 5.73 Å². The van der Waals surface area contributed by atoms with Gasteiger partial charge in [0.1, 0.15) is 0 Å². The second-order valence-corrected chi connectivity index (χ2v) is 7.64. The maximum Gasteiger partial charge on any atom is 0.411 e. The van der Waals surface area contributed by atoms with Crippen molar-refractivity contribution in [2.75, 3.05) is 12.4 Å². The number of aliphatic carboxylic acids is 1. The maximum absolute atomic E-state index is 12.4. The van der Waals surface area contributed by atoms with Crippen molar-refractivity contribution < 1.29 is 27.9 Å². The summed E-state index contributed by atoms with van der Waals surface area (Å²) in [5.41, 5.74) is 6.23. The van der Waals surface area contributed by atoms with E-state index in [0.717, 1.165) is 0 Å². The molecule has 0 aliphatic carbocycles.